The standard InChI is InChI=1S/C16H12N4O4S2/c1-24-10-4-2-9(3-5-10)19-14(12-6-7-13(26-12)20(22)23)18-15(21)11(8-17)16(19)25/h2-7,14,25H,1H3,(H,18,21). The van der Waals surface area contributed by atoms with Gasteiger partial charge in [0, 0.05) is 11.8 Å². The van der Waals surface area contributed by atoms with Crippen molar-refractivity contribution in [3.8, 4) is 11.8 Å². The van der Waals surface area contributed by atoms with Crippen LogP contribution >= 0.6 is 24.0 Å². The highest BCUT2D eigenvalue weighted by atomic mass is 32.1. The molecule has 1 N–H and O–H groups in total. The number of thiophene rings is 1. The van der Waals surface area contributed by atoms with Crippen molar-refractivity contribution < 1.29 is 14.5 Å². The van der Waals surface area contributed by atoms with Crippen molar-refractivity contribution in [3.63, 3.8) is 0 Å². The Morgan fingerprint density at radius 2 is 2.04 bits per heavy atom. The first-order chi connectivity index (χ1) is 12.5. The zero-order valence-corrected chi connectivity index (χ0v) is 15.1. The fraction of sp³-hybridized carbons (Fsp3) is 0.125. The lowest BCUT2D eigenvalue weighted by Crippen LogP contribution is -2.45. The Balaban J connectivity index is 2.11. The largest absolute Gasteiger partial charge is 0.497 e. The first kappa shape index (κ1) is 17.8. The molecule has 10 heteroatoms. The number of methoxy groups -OCH3 is 1. The second-order valence-electron chi connectivity index (χ2n) is 5.19. The number of nitro groups is 1. The molecular formula is C16H12N4O4S2. The maximum Gasteiger partial charge on any atom is 0.324 e. The first-order valence-electron chi connectivity index (χ1n) is 7.28. The molecule has 2 heterocycles. The Labute approximate surface area is 157 Å². The summed E-state index contributed by atoms with van der Waals surface area (Å²) in [5.41, 5.74) is 0.510. The SMILES string of the molecule is COc1ccc(N2C(S)=C(C#N)C(=O)NC2c2ccc([N+](=O)[O-])s2)cc1. The fourth-order valence-electron chi connectivity index (χ4n) is 2.51. The molecule has 2 aromatic rings. The highest BCUT2D eigenvalue weighted by molar-refractivity contribution is 7.84. The minimum absolute atomic E-state index is 0.0419. The van der Waals surface area contributed by atoms with Gasteiger partial charge >= 0.3 is 5.00 Å². The van der Waals surface area contributed by atoms with Gasteiger partial charge in [0.2, 0.25) is 0 Å². The van der Waals surface area contributed by atoms with Crippen molar-refractivity contribution >= 4 is 40.6 Å². The molecule has 1 aromatic carbocycles. The van der Waals surface area contributed by atoms with Crippen LogP contribution in [0.5, 0.6) is 5.75 Å². The Morgan fingerprint density at radius 3 is 2.58 bits per heavy atom. The van der Waals surface area contributed by atoms with Crippen LogP contribution in [0.1, 0.15) is 11.0 Å². The molecule has 0 radical (unpaired) electrons. The monoisotopic (exact) mass is 388 g/mol. The summed E-state index contributed by atoms with van der Waals surface area (Å²) >= 11 is 5.32. The molecule has 1 aromatic heterocycles. The van der Waals surface area contributed by atoms with Gasteiger partial charge in [0.15, 0.2) is 0 Å². The second-order valence-corrected chi connectivity index (χ2v) is 6.70. The van der Waals surface area contributed by atoms with E-state index in [1.165, 1.54) is 6.07 Å². The third-order valence-corrected chi connectivity index (χ3v) is 5.26. The smallest absolute Gasteiger partial charge is 0.324 e. The number of thiol groups is 1. The molecule has 1 aliphatic heterocycles. The second kappa shape index (κ2) is 7.07. The van der Waals surface area contributed by atoms with E-state index in [9.17, 15) is 20.2 Å². The summed E-state index contributed by atoms with van der Waals surface area (Å²) in [4.78, 5) is 24.9. The van der Waals surface area contributed by atoms with E-state index in [1.54, 1.807) is 42.3 Å². The molecule has 132 valence electrons. The number of anilines is 1. The number of amides is 1. The van der Waals surface area contributed by atoms with E-state index in [0.717, 1.165) is 11.3 Å². The molecule has 0 fully saturated rings. The van der Waals surface area contributed by atoms with E-state index in [2.05, 4.69) is 17.9 Å². The van der Waals surface area contributed by atoms with Crippen molar-refractivity contribution in [1.29, 1.82) is 5.26 Å². The van der Waals surface area contributed by atoms with E-state index in [1.807, 2.05) is 6.07 Å². The molecule has 0 saturated heterocycles. The van der Waals surface area contributed by atoms with Gasteiger partial charge in [-0.05, 0) is 30.3 Å². The summed E-state index contributed by atoms with van der Waals surface area (Å²) in [6.07, 6.45) is -0.723. The van der Waals surface area contributed by atoms with Gasteiger partial charge in [0.1, 0.15) is 23.6 Å². The summed E-state index contributed by atoms with van der Waals surface area (Å²) in [5.74, 6) is 0.0617. The molecule has 8 nitrogen and oxygen atoms in total. The number of carbonyl (C=O) groups is 1. The quantitative estimate of drug-likeness (QED) is 0.474. The van der Waals surface area contributed by atoms with Gasteiger partial charge in [-0.1, -0.05) is 11.3 Å². The minimum Gasteiger partial charge on any atom is -0.497 e. The third kappa shape index (κ3) is 3.10. The summed E-state index contributed by atoms with van der Waals surface area (Å²) in [6.45, 7) is 0. The van der Waals surface area contributed by atoms with Crippen molar-refractivity contribution in [1.82, 2.24) is 5.32 Å². The molecule has 0 spiro atoms. The summed E-state index contributed by atoms with van der Waals surface area (Å²) < 4.78 is 5.14. The molecule has 1 aliphatic rings. The summed E-state index contributed by atoms with van der Waals surface area (Å²) in [6, 6.07) is 11.7. The van der Waals surface area contributed by atoms with Gasteiger partial charge in [-0.15, -0.1) is 12.6 Å². The molecule has 1 atom stereocenters. The van der Waals surface area contributed by atoms with E-state index >= 15 is 0 Å². The van der Waals surface area contributed by atoms with Gasteiger partial charge in [-0.3, -0.25) is 14.9 Å². The lowest BCUT2D eigenvalue weighted by Gasteiger charge is -2.37. The average molecular weight is 388 g/mol. The van der Waals surface area contributed by atoms with Crippen molar-refractivity contribution in [3.05, 3.63) is 62.0 Å². The Morgan fingerprint density at radius 1 is 1.35 bits per heavy atom. The van der Waals surface area contributed by atoms with E-state index in [-0.39, 0.29) is 15.6 Å². The van der Waals surface area contributed by atoms with E-state index < -0.39 is 17.0 Å². The van der Waals surface area contributed by atoms with E-state index in [0.29, 0.717) is 16.3 Å². The number of ether oxygens (including phenoxy) is 1. The van der Waals surface area contributed by atoms with Crippen molar-refractivity contribution in [2.24, 2.45) is 0 Å². The highest BCUT2D eigenvalue weighted by Gasteiger charge is 2.35. The predicted octanol–water partition coefficient (Wildman–Crippen LogP) is 2.96. The van der Waals surface area contributed by atoms with Crippen LogP contribution in [0.25, 0.3) is 0 Å². The van der Waals surface area contributed by atoms with Crippen LogP contribution in [0.3, 0.4) is 0 Å². The Hall–Kier alpha value is -3.03. The molecule has 0 aliphatic carbocycles. The highest BCUT2D eigenvalue weighted by Crippen LogP contribution is 2.39. The van der Waals surface area contributed by atoms with Gasteiger partial charge in [0.05, 0.1) is 21.9 Å². The molecule has 1 unspecified atom stereocenters. The number of rotatable bonds is 4. The van der Waals surface area contributed by atoms with Crippen LogP contribution in [0.4, 0.5) is 10.7 Å². The zero-order chi connectivity index (χ0) is 18.8. The normalized spacial score (nSPS) is 16.9. The molecule has 1 amide bonds. The number of hydrogen-bond donors (Lipinski definition) is 2. The van der Waals surface area contributed by atoms with Crippen molar-refractivity contribution in [2.75, 3.05) is 12.0 Å². The first-order valence-corrected chi connectivity index (χ1v) is 8.54. The van der Waals surface area contributed by atoms with Crippen LogP contribution in [0.2, 0.25) is 0 Å². The van der Waals surface area contributed by atoms with Gasteiger partial charge in [-0.25, -0.2) is 0 Å². The summed E-state index contributed by atoms with van der Waals surface area (Å²) in [5, 5.41) is 23.1. The molecular weight excluding hydrogens is 376 g/mol. The lowest BCUT2D eigenvalue weighted by molar-refractivity contribution is -0.380. The molecule has 26 heavy (non-hydrogen) atoms. The average Bonchev–Trinajstić information content (AvgIpc) is 3.12. The number of carbonyl (C=O) groups excluding carboxylic acids is 1. The predicted molar refractivity (Wildman–Crippen MR) is 99.0 cm³/mol. The fourth-order valence-corrected chi connectivity index (χ4v) is 3.75. The van der Waals surface area contributed by atoms with Crippen molar-refractivity contribution in [2.45, 2.75) is 6.17 Å². The minimum atomic E-state index is -0.723. The lowest BCUT2D eigenvalue weighted by atomic mass is 10.1. The van der Waals surface area contributed by atoms with Crippen LogP contribution in [0, 0.1) is 21.4 Å². The molecule has 3 rings (SSSR count). The molecule has 0 bridgehead atoms. The van der Waals surface area contributed by atoms with Gasteiger partial charge in [-0.2, -0.15) is 5.26 Å². The van der Waals surface area contributed by atoms with Crippen LogP contribution in [0.15, 0.2) is 47.0 Å². The Bertz CT molecular complexity index is 946. The zero-order valence-electron chi connectivity index (χ0n) is 13.4. The summed E-state index contributed by atoms with van der Waals surface area (Å²) in [7, 11) is 1.54. The number of hydrogen-bond acceptors (Lipinski definition) is 8. The van der Waals surface area contributed by atoms with Gasteiger partial charge in [0.25, 0.3) is 5.91 Å². The maximum absolute atomic E-state index is 12.2. The van der Waals surface area contributed by atoms with Crippen LogP contribution in [-0.2, 0) is 4.79 Å². The topological polar surface area (TPSA) is 108 Å². The number of nitriles is 1. The third-order valence-electron chi connectivity index (χ3n) is 3.73. The maximum atomic E-state index is 12.2. The molecule has 0 saturated carbocycles. The number of nitrogens with one attached hydrogen (secondary N) is 1. The van der Waals surface area contributed by atoms with Gasteiger partial charge < -0.3 is 15.0 Å². The Kier molecular flexibility index (Phi) is 4.83. The van der Waals surface area contributed by atoms with E-state index in [4.69, 9.17) is 4.74 Å². The number of nitrogens with zero attached hydrogens (tertiary/aromatic N) is 3. The van der Waals surface area contributed by atoms with Crippen LogP contribution < -0.4 is 15.0 Å². The van der Waals surface area contributed by atoms with Crippen LogP contribution in [-0.4, -0.2) is 17.9 Å². The number of benzene rings is 1.